The number of aryl methyl sites for hydroxylation is 1. The maximum Gasteiger partial charge on any atom is 0.221 e. The summed E-state index contributed by atoms with van der Waals surface area (Å²) >= 11 is 0. The zero-order chi connectivity index (χ0) is 14.6. The minimum absolute atomic E-state index is 0.0356. The number of nitrogens with two attached hydrogens (primary N) is 1. The molecule has 0 aliphatic carbocycles. The van der Waals surface area contributed by atoms with Gasteiger partial charge >= 0.3 is 0 Å². The summed E-state index contributed by atoms with van der Waals surface area (Å²) in [6.45, 7) is 10.4. The van der Waals surface area contributed by atoms with E-state index in [1.807, 2.05) is 39.3 Å². The van der Waals surface area contributed by atoms with Crippen LogP contribution < -0.4 is 16.4 Å². The minimum Gasteiger partial charge on any atom is -0.394 e. The molecule has 0 saturated carbocycles. The molecule has 1 aromatic rings. The number of rotatable bonds is 6. The molecular weight excluding hydrogens is 242 g/mol. The van der Waals surface area contributed by atoms with Crippen LogP contribution in [0.1, 0.15) is 45.9 Å². The molecule has 1 aromatic heterocycles. The second-order valence-electron chi connectivity index (χ2n) is 5.29. The van der Waals surface area contributed by atoms with E-state index < -0.39 is 0 Å². The molecule has 0 aliphatic heterocycles. The van der Waals surface area contributed by atoms with Crippen LogP contribution in [-0.4, -0.2) is 28.3 Å². The van der Waals surface area contributed by atoms with E-state index in [2.05, 4.69) is 15.7 Å². The molecule has 108 valence electrons. The van der Waals surface area contributed by atoms with Crippen molar-refractivity contribution in [2.75, 3.05) is 17.6 Å². The van der Waals surface area contributed by atoms with Crippen LogP contribution in [0.3, 0.4) is 0 Å². The van der Waals surface area contributed by atoms with Crippen molar-refractivity contribution < 1.29 is 4.79 Å². The monoisotopic (exact) mass is 267 g/mol. The largest absolute Gasteiger partial charge is 0.394 e. The van der Waals surface area contributed by atoms with Gasteiger partial charge < -0.3 is 16.4 Å². The maximum atomic E-state index is 11.5. The first-order chi connectivity index (χ1) is 8.82. The molecule has 0 spiro atoms. The average molecular weight is 267 g/mol. The molecule has 19 heavy (non-hydrogen) atoms. The van der Waals surface area contributed by atoms with E-state index in [4.69, 9.17) is 5.73 Å². The van der Waals surface area contributed by atoms with Crippen LogP contribution in [0.2, 0.25) is 0 Å². The van der Waals surface area contributed by atoms with Gasteiger partial charge in [0.25, 0.3) is 0 Å². The van der Waals surface area contributed by atoms with Crippen molar-refractivity contribution >= 4 is 17.4 Å². The summed E-state index contributed by atoms with van der Waals surface area (Å²) in [6.07, 6.45) is 0.417. The fraction of sp³-hybridized carbons (Fsp3) is 0.692. The Morgan fingerprint density at radius 2 is 2.00 bits per heavy atom. The Morgan fingerprint density at radius 3 is 2.53 bits per heavy atom. The van der Waals surface area contributed by atoms with Crippen LogP contribution in [0, 0.1) is 6.92 Å². The van der Waals surface area contributed by atoms with Crippen LogP contribution >= 0.6 is 0 Å². The molecule has 4 N–H and O–H groups in total. The molecule has 6 nitrogen and oxygen atoms in total. The lowest BCUT2D eigenvalue weighted by atomic mass is 10.3. The lowest BCUT2D eigenvalue weighted by Gasteiger charge is -2.14. The highest BCUT2D eigenvalue weighted by Crippen LogP contribution is 2.25. The fourth-order valence-electron chi connectivity index (χ4n) is 1.80. The Hall–Kier alpha value is -1.72. The lowest BCUT2D eigenvalue weighted by molar-refractivity contribution is -0.121. The van der Waals surface area contributed by atoms with E-state index in [1.165, 1.54) is 0 Å². The van der Waals surface area contributed by atoms with Crippen molar-refractivity contribution in [3.63, 3.8) is 0 Å². The summed E-state index contributed by atoms with van der Waals surface area (Å²) in [4.78, 5) is 11.5. The van der Waals surface area contributed by atoms with Gasteiger partial charge in [0.05, 0.1) is 11.4 Å². The van der Waals surface area contributed by atoms with E-state index in [0.717, 1.165) is 11.5 Å². The third-order valence-corrected chi connectivity index (χ3v) is 2.72. The normalized spacial score (nSPS) is 11.1. The lowest BCUT2D eigenvalue weighted by Crippen LogP contribution is -2.31. The van der Waals surface area contributed by atoms with Crippen LogP contribution in [0.4, 0.5) is 11.5 Å². The van der Waals surface area contributed by atoms with Gasteiger partial charge in [0.2, 0.25) is 5.91 Å². The summed E-state index contributed by atoms with van der Waals surface area (Å²) in [5.74, 6) is 0.832. The Kier molecular flexibility index (Phi) is 5.20. The third kappa shape index (κ3) is 4.15. The zero-order valence-electron chi connectivity index (χ0n) is 12.4. The predicted molar refractivity (Wildman–Crippen MR) is 78.1 cm³/mol. The third-order valence-electron chi connectivity index (χ3n) is 2.72. The summed E-state index contributed by atoms with van der Waals surface area (Å²) in [7, 11) is 0. The number of anilines is 2. The van der Waals surface area contributed by atoms with Crippen LogP contribution in [0.25, 0.3) is 0 Å². The molecule has 0 radical (unpaired) electrons. The van der Waals surface area contributed by atoms with Gasteiger partial charge in [0, 0.05) is 25.0 Å². The number of hydrogen-bond acceptors (Lipinski definition) is 4. The second kappa shape index (κ2) is 6.45. The van der Waals surface area contributed by atoms with E-state index in [0.29, 0.717) is 18.7 Å². The van der Waals surface area contributed by atoms with Crippen LogP contribution in [0.5, 0.6) is 0 Å². The highest BCUT2D eigenvalue weighted by atomic mass is 16.1. The van der Waals surface area contributed by atoms with E-state index in [1.54, 1.807) is 0 Å². The number of nitrogens with one attached hydrogen (secondary N) is 2. The molecule has 0 aromatic carbocycles. The van der Waals surface area contributed by atoms with E-state index in [9.17, 15) is 4.79 Å². The Morgan fingerprint density at radius 1 is 1.37 bits per heavy atom. The molecule has 0 saturated heterocycles. The van der Waals surface area contributed by atoms with Crippen LogP contribution in [-0.2, 0) is 4.79 Å². The minimum atomic E-state index is 0.0356. The van der Waals surface area contributed by atoms with Crippen molar-refractivity contribution in [2.45, 2.75) is 53.1 Å². The van der Waals surface area contributed by atoms with Crippen molar-refractivity contribution in [1.82, 2.24) is 15.1 Å². The molecular formula is C13H25N5O. The molecule has 0 unspecified atom stereocenters. The smallest absolute Gasteiger partial charge is 0.221 e. The molecule has 0 aliphatic rings. The summed E-state index contributed by atoms with van der Waals surface area (Å²) in [5, 5.41) is 10.4. The molecule has 1 rings (SSSR count). The van der Waals surface area contributed by atoms with E-state index in [-0.39, 0.29) is 18.0 Å². The van der Waals surface area contributed by atoms with Gasteiger partial charge in [-0.15, -0.1) is 0 Å². The van der Waals surface area contributed by atoms with Gasteiger partial charge in [-0.1, -0.05) is 0 Å². The molecule has 0 bridgehead atoms. The number of amides is 1. The second-order valence-corrected chi connectivity index (χ2v) is 5.29. The number of nitrogen functional groups attached to an aromatic ring is 1. The fourth-order valence-corrected chi connectivity index (χ4v) is 1.80. The van der Waals surface area contributed by atoms with Gasteiger partial charge in [-0.2, -0.15) is 5.10 Å². The van der Waals surface area contributed by atoms with Crippen LogP contribution in [0.15, 0.2) is 0 Å². The number of carbonyl (C=O) groups excluding carboxylic acids is 1. The first-order valence-corrected chi connectivity index (χ1v) is 6.70. The van der Waals surface area contributed by atoms with Crippen molar-refractivity contribution in [2.24, 2.45) is 0 Å². The number of aromatic nitrogens is 2. The Bertz CT molecular complexity index is 436. The Labute approximate surface area is 114 Å². The Balaban J connectivity index is 2.60. The van der Waals surface area contributed by atoms with Gasteiger partial charge in [-0.3, -0.25) is 4.79 Å². The first kappa shape index (κ1) is 15.3. The van der Waals surface area contributed by atoms with Gasteiger partial charge in [0.15, 0.2) is 0 Å². The van der Waals surface area contributed by atoms with Crippen molar-refractivity contribution in [3.05, 3.63) is 5.69 Å². The van der Waals surface area contributed by atoms with Crippen molar-refractivity contribution in [1.29, 1.82) is 0 Å². The topological polar surface area (TPSA) is 85.0 Å². The number of carbonyl (C=O) groups is 1. The first-order valence-electron chi connectivity index (χ1n) is 6.70. The highest BCUT2D eigenvalue weighted by Gasteiger charge is 2.14. The van der Waals surface area contributed by atoms with Crippen molar-refractivity contribution in [3.8, 4) is 0 Å². The van der Waals surface area contributed by atoms with Gasteiger partial charge in [-0.05, 0) is 34.6 Å². The summed E-state index contributed by atoms with van der Waals surface area (Å²) < 4.78 is 1.85. The number of hydrogen-bond donors (Lipinski definition) is 3. The van der Waals surface area contributed by atoms with E-state index >= 15 is 0 Å². The summed E-state index contributed by atoms with van der Waals surface area (Å²) in [6, 6.07) is 0.393. The zero-order valence-corrected chi connectivity index (χ0v) is 12.4. The van der Waals surface area contributed by atoms with Gasteiger partial charge in [0.1, 0.15) is 5.82 Å². The molecule has 6 heteroatoms. The quantitative estimate of drug-likeness (QED) is 0.732. The highest BCUT2D eigenvalue weighted by molar-refractivity contribution is 5.77. The average Bonchev–Trinajstić information content (AvgIpc) is 2.56. The molecule has 1 amide bonds. The molecule has 1 heterocycles. The van der Waals surface area contributed by atoms with Gasteiger partial charge in [-0.25, -0.2) is 4.68 Å². The maximum absolute atomic E-state index is 11.5. The SMILES string of the molecule is Cc1nn(C(C)C)c(NCCC(=O)NC(C)C)c1N. The number of nitrogens with zero attached hydrogens (tertiary/aromatic N) is 2. The molecule has 0 fully saturated rings. The predicted octanol–water partition coefficient (Wildman–Crippen LogP) is 1.68. The summed E-state index contributed by atoms with van der Waals surface area (Å²) in [5.41, 5.74) is 7.45. The standard InChI is InChI=1S/C13H25N5O/c1-8(2)16-11(19)6-7-15-13-12(14)10(5)17-18(13)9(3)4/h8-9,15H,6-7,14H2,1-5H3,(H,16,19). The molecule has 0 atom stereocenters.